The average molecular weight is 442 g/mol. The van der Waals surface area contributed by atoms with Crippen LogP contribution in [-0.2, 0) is 14.3 Å². The SMILES string of the molecule is CCC(C)(C)C(=O)OC1C(F)(F)C(O)(C(F)(F)F)OC1(C(F)(F)F)C(F)(F)F. The maximum atomic E-state index is 14.2. The smallest absolute Gasteiger partial charge is 0.449 e. The van der Waals surface area contributed by atoms with Gasteiger partial charge in [-0.05, 0) is 20.3 Å². The summed E-state index contributed by atoms with van der Waals surface area (Å²) in [7, 11) is 0. The van der Waals surface area contributed by atoms with Crippen molar-refractivity contribution in [3.8, 4) is 0 Å². The summed E-state index contributed by atoms with van der Waals surface area (Å²) in [5.41, 5.74) is -8.30. The molecule has 0 bridgehead atoms. The first-order chi connectivity index (χ1) is 12.0. The molecule has 1 rings (SSSR count). The van der Waals surface area contributed by atoms with Gasteiger partial charge in [0.25, 0.3) is 0 Å². The van der Waals surface area contributed by atoms with Gasteiger partial charge in [-0.1, -0.05) is 6.92 Å². The van der Waals surface area contributed by atoms with Gasteiger partial charge < -0.3 is 14.6 Å². The van der Waals surface area contributed by atoms with Crippen LogP contribution in [0.4, 0.5) is 48.3 Å². The molecule has 2 unspecified atom stereocenters. The molecule has 0 aromatic heterocycles. The Bertz CT molecular complexity index is 605. The number of aliphatic hydroxyl groups is 1. The molecule has 0 aliphatic carbocycles. The van der Waals surface area contributed by atoms with Crippen molar-refractivity contribution in [1.82, 2.24) is 0 Å². The summed E-state index contributed by atoms with van der Waals surface area (Å²) in [6, 6.07) is 0. The molecule has 28 heavy (non-hydrogen) atoms. The zero-order valence-corrected chi connectivity index (χ0v) is 14.1. The molecule has 1 saturated heterocycles. The predicted molar refractivity (Wildman–Crippen MR) is 65.8 cm³/mol. The van der Waals surface area contributed by atoms with Crippen molar-refractivity contribution in [2.24, 2.45) is 5.41 Å². The van der Waals surface area contributed by atoms with E-state index in [9.17, 15) is 53.1 Å². The second kappa shape index (κ2) is 6.31. The van der Waals surface area contributed by atoms with Crippen molar-refractivity contribution in [2.75, 3.05) is 0 Å². The molecule has 0 aromatic carbocycles. The van der Waals surface area contributed by atoms with Gasteiger partial charge in [0.2, 0.25) is 6.10 Å². The van der Waals surface area contributed by atoms with E-state index in [0.717, 1.165) is 13.8 Å². The topological polar surface area (TPSA) is 55.8 Å². The number of carbonyl (C=O) groups excluding carboxylic acids is 1. The second-order valence-corrected chi connectivity index (χ2v) is 6.62. The standard InChI is InChI=1S/C13H13F11O4/c1-4-7(2,3)6(25)27-5-8(11(16,17)18,12(19,20)21)28-10(26,9(5,14)15)13(22,23)24/h5,26H,4H2,1-3H3. The zero-order valence-electron chi connectivity index (χ0n) is 14.1. The van der Waals surface area contributed by atoms with Crippen molar-refractivity contribution >= 4 is 5.97 Å². The molecule has 166 valence electrons. The zero-order chi connectivity index (χ0) is 22.8. The fraction of sp³-hybridized carbons (Fsp3) is 0.923. The Morgan fingerprint density at radius 2 is 1.36 bits per heavy atom. The van der Waals surface area contributed by atoms with E-state index in [1.807, 2.05) is 0 Å². The Kier molecular flexibility index (Phi) is 5.55. The van der Waals surface area contributed by atoms with Crippen molar-refractivity contribution in [2.45, 2.75) is 69.1 Å². The Morgan fingerprint density at radius 1 is 0.964 bits per heavy atom. The summed E-state index contributed by atoms with van der Waals surface area (Å²) in [6.07, 6.45) is -26.1. The predicted octanol–water partition coefficient (Wildman–Crippen LogP) is 4.11. The monoisotopic (exact) mass is 442 g/mol. The van der Waals surface area contributed by atoms with Crippen LogP contribution in [-0.4, -0.2) is 53.0 Å². The van der Waals surface area contributed by atoms with Gasteiger partial charge in [0.1, 0.15) is 0 Å². The summed E-state index contributed by atoms with van der Waals surface area (Å²) in [4.78, 5) is 11.8. The summed E-state index contributed by atoms with van der Waals surface area (Å²) in [6.45, 7) is 2.93. The van der Waals surface area contributed by atoms with Crippen LogP contribution in [0.25, 0.3) is 0 Å². The molecular formula is C13H13F11O4. The highest BCUT2D eigenvalue weighted by Gasteiger charge is 2.95. The number of hydrogen-bond acceptors (Lipinski definition) is 4. The number of ether oxygens (including phenoxy) is 2. The van der Waals surface area contributed by atoms with Crippen LogP contribution in [0.2, 0.25) is 0 Å². The molecule has 1 fully saturated rings. The average Bonchev–Trinajstić information content (AvgIpc) is 2.65. The first-order valence-corrected chi connectivity index (χ1v) is 7.24. The molecule has 15 heteroatoms. The van der Waals surface area contributed by atoms with Crippen molar-refractivity contribution in [1.29, 1.82) is 0 Å². The van der Waals surface area contributed by atoms with Gasteiger partial charge in [0, 0.05) is 0 Å². The summed E-state index contributed by atoms with van der Waals surface area (Å²) in [5.74, 6) is -14.7. The second-order valence-electron chi connectivity index (χ2n) is 6.62. The molecule has 0 aromatic rings. The van der Waals surface area contributed by atoms with Crippen LogP contribution < -0.4 is 0 Å². The Morgan fingerprint density at radius 3 is 1.64 bits per heavy atom. The normalized spacial score (nSPS) is 28.3. The summed E-state index contributed by atoms with van der Waals surface area (Å²) < 4.78 is 152. The van der Waals surface area contributed by atoms with Gasteiger partial charge in [-0.2, -0.15) is 48.3 Å². The van der Waals surface area contributed by atoms with E-state index in [2.05, 4.69) is 9.47 Å². The van der Waals surface area contributed by atoms with Gasteiger partial charge in [-0.15, -0.1) is 0 Å². The van der Waals surface area contributed by atoms with E-state index < -0.39 is 53.3 Å². The Balaban J connectivity index is 3.83. The third-order valence-corrected chi connectivity index (χ3v) is 4.35. The van der Waals surface area contributed by atoms with E-state index in [1.54, 1.807) is 0 Å². The molecular weight excluding hydrogens is 429 g/mol. The molecule has 0 amide bonds. The van der Waals surface area contributed by atoms with E-state index in [1.165, 1.54) is 6.92 Å². The van der Waals surface area contributed by atoms with Crippen molar-refractivity contribution in [3.63, 3.8) is 0 Å². The van der Waals surface area contributed by atoms with E-state index >= 15 is 0 Å². The minimum atomic E-state index is -6.99. The van der Waals surface area contributed by atoms with E-state index in [4.69, 9.17) is 5.11 Å². The molecule has 1 aliphatic heterocycles. The highest BCUT2D eigenvalue weighted by Crippen LogP contribution is 2.64. The molecule has 2 atom stereocenters. The summed E-state index contributed by atoms with van der Waals surface area (Å²) >= 11 is 0. The number of esters is 1. The number of carbonyl (C=O) groups is 1. The van der Waals surface area contributed by atoms with Crippen LogP contribution in [0.5, 0.6) is 0 Å². The van der Waals surface area contributed by atoms with E-state index in [-0.39, 0.29) is 6.42 Å². The highest BCUT2D eigenvalue weighted by molar-refractivity contribution is 5.76. The fourth-order valence-electron chi connectivity index (χ4n) is 2.18. The number of rotatable bonds is 3. The van der Waals surface area contributed by atoms with Gasteiger partial charge >= 0.3 is 41.8 Å². The first-order valence-electron chi connectivity index (χ1n) is 7.24. The molecule has 1 aliphatic rings. The van der Waals surface area contributed by atoms with E-state index in [0.29, 0.717) is 0 Å². The maximum Gasteiger partial charge on any atom is 0.449 e. The Hall–Kier alpha value is -1.38. The van der Waals surface area contributed by atoms with Crippen molar-refractivity contribution < 1.29 is 67.7 Å². The maximum absolute atomic E-state index is 14.2. The third kappa shape index (κ3) is 3.19. The molecule has 0 radical (unpaired) electrons. The lowest BCUT2D eigenvalue weighted by atomic mass is 9.88. The largest absolute Gasteiger partial charge is 0.451 e. The number of hydrogen-bond donors (Lipinski definition) is 1. The lowest BCUT2D eigenvalue weighted by Gasteiger charge is -2.37. The number of alkyl halides is 11. The molecule has 4 nitrogen and oxygen atoms in total. The van der Waals surface area contributed by atoms with Crippen LogP contribution in [0, 0.1) is 5.41 Å². The van der Waals surface area contributed by atoms with Crippen LogP contribution in [0.15, 0.2) is 0 Å². The minimum absolute atomic E-state index is 0.348. The highest BCUT2D eigenvalue weighted by atomic mass is 19.4. The van der Waals surface area contributed by atoms with Crippen molar-refractivity contribution in [3.05, 3.63) is 0 Å². The number of halogens is 11. The van der Waals surface area contributed by atoms with Gasteiger partial charge in [0.05, 0.1) is 5.41 Å². The van der Waals surface area contributed by atoms with Crippen LogP contribution in [0.1, 0.15) is 27.2 Å². The molecule has 0 spiro atoms. The fourth-order valence-corrected chi connectivity index (χ4v) is 2.18. The minimum Gasteiger partial charge on any atom is -0.451 e. The molecule has 1 heterocycles. The quantitative estimate of drug-likeness (QED) is 0.528. The lowest BCUT2D eigenvalue weighted by molar-refractivity contribution is -0.457. The first kappa shape index (κ1) is 24.7. The lowest BCUT2D eigenvalue weighted by Crippen LogP contribution is -2.66. The van der Waals surface area contributed by atoms with Gasteiger partial charge in [-0.25, -0.2) is 0 Å². The van der Waals surface area contributed by atoms with Gasteiger partial charge in [0.15, 0.2) is 0 Å². The summed E-state index contributed by atoms with van der Waals surface area (Å²) in [5, 5.41) is 9.07. The molecule has 1 N–H and O–H groups in total. The Labute approximate surface area is 149 Å². The third-order valence-electron chi connectivity index (χ3n) is 4.35. The van der Waals surface area contributed by atoms with Crippen LogP contribution >= 0.6 is 0 Å². The van der Waals surface area contributed by atoms with Crippen LogP contribution in [0.3, 0.4) is 0 Å². The molecule has 0 saturated carbocycles. The van der Waals surface area contributed by atoms with Gasteiger partial charge in [-0.3, -0.25) is 4.79 Å².